The summed E-state index contributed by atoms with van der Waals surface area (Å²) in [5.41, 5.74) is 5.98. The Morgan fingerprint density at radius 1 is 1.06 bits per heavy atom. The van der Waals surface area contributed by atoms with Crippen LogP contribution in [0, 0.1) is 0 Å². The van der Waals surface area contributed by atoms with Gasteiger partial charge in [-0.25, -0.2) is 9.97 Å². The van der Waals surface area contributed by atoms with Gasteiger partial charge >= 0.3 is 0 Å². The molecule has 1 aliphatic heterocycles. The number of benzene rings is 2. The Kier molecular flexibility index (Phi) is 5.98. The first kappa shape index (κ1) is 21.3. The van der Waals surface area contributed by atoms with E-state index < -0.39 is 5.60 Å². The Balaban J connectivity index is 1.35. The van der Waals surface area contributed by atoms with Gasteiger partial charge in [0, 0.05) is 36.6 Å². The fourth-order valence-corrected chi connectivity index (χ4v) is 3.88. The maximum Gasteiger partial charge on any atom is 0.266 e. The van der Waals surface area contributed by atoms with Crippen LogP contribution in [0.5, 0.6) is 5.75 Å². The molecule has 1 aromatic heterocycles. The molecule has 0 radical (unpaired) electrons. The largest absolute Gasteiger partial charge is 0.478 e. The Morgan fingerprint density at radius 2 is 1.74 bits per heavy atom. The van der Waals surface area contributed by atoms with Crippen molar-refractivity contribution in [3.63, 3.8) is 0 Å². The summed E-state index contributed by atoms with van der Waals surface area (Å²) < 4.78 is 5.95. The fraction of sp³-hybridized carbons (Fsp3) is 0.348. The van der Waals surface area contributed by atoms with E-state index in [1.54, 1.807) is 38.1 Å². The number of para-hydroxylation sites is 1. The first-order valence-corrected chi connectivity index (χ1v) is 10.7. The van der Waals surface area contributed by atoms with E-state index in [2.05, 4.69) is 14.9 Å². The number of anilines is 1. The number of nitrogens with zero attached hydrogens (tertiary/aromatic N) is 4. The van der Waals surface area contributed by atoms with Gasteiger partial charge in [-0.3, -0.25) is 9.69 Å². The summed E-state index contributed by atoms with van der Waals surface area (Å²) in [6.07, 6.45) is 0. The summed E-state index contributed by atoms with van der Waals surface area (Å²) in [6.45, 7) is 6.90. The Morgan fingerprint density at radius 3 is 2.45 bits per heavy atom. The summed E-state index contributed by atoms with van der Waals surface area (Å²) in [7, 11) is 0. The van der Waals surface area contributed by atoms with E-state index in [0.29, 0.717) is 42.0 Å². The number of aromatic nitrogens is 2. The molecule has 0 aliphatic carbocycles. The van der Waals surface area contributed by atoms with Crippen molar-refractivity contribution in [1.29, 1.82) is 0 Å². The van der Waals surface area contributed by atoms with E-state index >= 15 is 0 Å². The lowest BCUT2D eigenvalue weighted by Gasteiger charge is -2.38. The van der Waals surface area contributed by atoms with E-state index in [9.17, 15) is 4.79 Å². The van der Waals surface area contributed by atoms with Crippen molar-refractivity contribution in [3.05, 3.63) is 59.4 Å². The van der Waals surface area contributed by atoms with E-state index in [4.69, 9.17) is 22.1 Å². The summed E-state index contributed by atoms with van der Waals surface area (Å²) in [5.74, 6) is 1.78. The van der Waals surface area contributed by atoms with Gasteiger partial charge in [-0.1, -0.05) is 23.7 Å². The third-order valence-corrected chi connectivity index (χ3v) is 5.66. The average molecular weight is 440 g/mol. The van der Waals surface area contributed by atoms with E-state index in [1.165, 1.54) is 0 Å². The number of piperazine rings is 1. The van der Waals surface area contributed by atoms with Crippen LogP contribution in [0.1, 0.15) is 19.7 Å². The number of rotatable bonds is 5. The molecule has 0 bridgehead atoms. The van der Waals surface area contributed by atoms with Crippen LogP contribution in [0.4, 0.5) is 5.82 Å². The topological polar surface area (TPSA) is 84.6 Å². The molecule has 0 unspecified atom stereocenters. The number of nitrogens with two attached hydrogens (primary N) is 1. The highest BCUT2D eigenvalue weighted by molar-refractivity contribution is 6.30. The zero-order valence-electron chi connectivity index (χ0n) is 17.7. The number of hydrogen-bond acceptors (Lipinski definition) is 6. The maximum atomic E-state index is 13.1. The minimum absolute atomic E-state index is 0.0340. The number of ether oxygens (including phenoxy) is 1. The van der Waals surface area contributed by atoms with Crippen LogP contribution in [-0.4, -0.2) is 57.5 Å². The number of fused-ring (bicyclic) bond motifs is 1. The SMILES string of the molecule is CC(C)(Oc1ccc(Cl)cc1)C(=O)N1CCN(Cc2nc(N)c3ccccc3n2)CC1. The zero-order valence-corrected chi connectivity index (χ0v) is 18.5. The summed E-state index contributed by atoms with van der Waals surface area (Å²) in [4.78, 5) is 26.2. The van der Waals surface area contributed by atoms with Gasteiger partial charge < -0.3 is 15.4 Å². The minimum atomic E-state index is -0.966. The van der Waals surface area contributed by atoms with Crippen LogP contribution in [0.25, 0.3) is 10.9 Å². The highest BCUT2D eigenvalue weighted by Crippen LogP contribution is 2.23. The fourth-order valence-electron chi connectivity index (χ4n) is 3.75. The number of carbonyl (C=O) groups is 1. The quantitative estimate of drug-likeness (QED) is 0.656. The van der Waals surface area contributed by atoms with Crippen molar-refractivity contribution in [3.8, 4) is 5.75 Å². The molecule has 2 heterocycles. The molecule has 4 rings (SSSR count). The molecule has 31 heavy (non-hydrogen) atoms. The van der Waals surface area contributed by atoms with Crippen LogP contribution < -0.4 is 10.5 Å². The molecule has 0 spiro atoms. The third-order valence-electron chi connectivity index (χ3n) is 5.41. The molecule has 1 amide bonds. The van der Waals surface area contributed by atoms with Crippen molar-refractivity contribution in [2.45, 2.75) is 26.0 Å². The average Bonchev–Trinajstić information content (AvgIpc) is 2.75. The van der Waals surface area contributed by atoms with Crippen molar-refractivity contribution in [2.24, 2.45) is 0 Å². The maximum absolute atomic E-state index is 13.1. The smallest absolute Gasteiger partial charge is 0.266 e. The Labute approximate surface area is 186 Å². The second kappa shape index (κ2) is 8.69. The van der Waals surface area contributed by atoms with Crippen molar-refractivity contribution in [1.82, 2.24) is 19.8 Å². The first-order valence-electron chi connectivity index (χ1n) is 10.3. The molecule has 7 nitrogen and oxygen atoms in total. The molecular weight excluding hydrogens is 414 g/mol. The third kappa shape index (κ3) is 4.89. The van der Waals surface area contributed by atoms with Crippen molar-refractivity contribution in [2.75, 3.05) is 31.9 Å². The predicted octanol–water partition coefficient (Wildman–Crippen LogP) is 3.37. The van der Waals surface area contributed by atoms with Gasteiger partial charge in [-0.2, -0.15) is 0 Å². The second-order valence-corrected chi connectivity index (χ2v) is 8.61. The summed E-state index contributed by atoms with van der Waals surface area (Å²) in [6, 6.07) is 14.8. The standard InChI is InChI=1S/C23H26ClN5O2/c1-23(2,31-17-9-7-16(24)8-10-17)22(30)29-13-11-28(12-14-29)15-20-26-19-6-4-3-5-18(19)21(25)27-20/h3-10H,11-15H2,1-2H3,(H2,25,26,27). The molecule has 2 N–H and O–H groups in total. The van der Waals surface area contributed by atoms with E-state index in [1.807, 2.05) is 29.2 Å². The second-order valence-electron chi connectivity index (χ2n) is 8.18. The van der Waals surface area contributed by atoms with Crippen molar-refractivity contribution < 1.29 is 9.53 Å². The Hall–Kier alpha value is -2.90. The monoisotopic (exact) mass is 439 g/mol. The highest BCUT2D eigenvalue weighted by atomic mass is 35.5. The molecule has 162 valence electrons. The number of hydrogen-bond donors (Lipinski definition) is 1. The van der Waals surface area contributed by atoms with Gasteiger partial charge in [-0.05, 0) is 50.2 Å². The number of carbonyl (C=O) groups excluding carboxylic acids is 1. The summed E-state index contributed by atoms with van der Waals surface area (Å²) in [5, 5.41) is 1.49. The molecule has 0 saturated carbocycles. The molecular formula is C23H26ClN5O2. The molecule has 1 fully saturated rings. The zero-order chi connectivity index (χ0) is 22.0. The van der Waals surface area contributed by atoms with Crippen LogP contribution in [-0.2, 0) is 11.3 Å². The lowest BCUT2D eigenvalue weighted by Crippen LogP contribution is -2.55. The molecule has 0 atom stereocenters. The van der Waals surface area contributed by atoms with Gasteiger partial charge in [0.1, 0.15) is 17.4 Å². The molecule has 8 heteroatoms. The minimum Gasteiger partial charge on any atom is -0.478 e. The van der Waals surface area contributed by atoms with E-state index in [0.717, 1.165) is 24.0 Å². The lowest BCUT2D eigenvalue weighted by atomic mass is 10.1. The van der Waals surface area contributed by atoms with Crippen LogP contribution in [0.3, 0.4) is 0 Å². The number of nitrogen functional groups attached to an aromatic ring is 1. The van der Waals surface area contributed by atoms with Crippen LogP contribution in [0.15, 0.2) is 48.5 Å². The Bertz CT molecular complexity index is 1080. The van der Waals surface area contributed by atoms with Gasteiger partial charge in [0.05, 0.1) is 12.1 Å². The first-order chi connectivity index (χ1) is 14.8. The van der Waals surface area contributed by atoms with Crippen molar-refractivity contribution >= 4 is 34.2 Å². The van der Waals surface area contributed by atoms with Gasteiger partial charge in [0.25, 0.3) is 5.91 Å². The van der Waals surface area contributed by atoms with Gasteiger partial charge in [0.2, 0.25) is 0 Å². The van der Waals surface area contributed by atoms with E-state index in [-0.39, 0.29) is 5.91 Å². The molecule has 1 aliphatic rings. The van der Waals surface area contributed by atoms with Gasteiger partial charge in [0.15, 0.2) is 5.60 Å². The lowest BCUT2D eigenvalue weighted by molar-refractivity contribution is -0.147. The molecule has 2 aromatic carbocycles. The predicted molar refractivity (Wildman–Crippen MR) is 122 cm³/mol. The molecule has 3 aromatic rings. The number of halogens is 1. The van der Waals surface area contributed by atoms with Gasteiger partial charge in [-0.15, -0.1) is 0 Å². The van der Waals surface area contributed by atoms with Crippen LogP contribution in [0.2, 0.25) is 5.02 Å². The molecule has 1 saturated heterocycles. The number of amides is 1. The summed E-state index contributed by atoms with van der Waals surface area (Å²) >= 11 is 5.92. The normalized spacial score (nSPS) is 15.3. The van der Waals surface area contributed by atoms with Crippen LogP contribution >= 0.6 is 11.6 Å². The highest BCUT2D eigenvalue weighted by Gasteiger charge is 2.35.